The van der Waals surface area contributed by atoms with E-state index in [0.29, 0.717) is 31.9 Å². The van der Waals surface area contributed by atoms with E-state index in [0.717, 1.165) is 5.56 Å². The molecule has 1 fully saturated rings. The van der Waals surface area contributed by atoms with Gasteiger partial charge in [-0.25, -0.2) is 0 Å². The maximum absolute atomic E-state index is 12.9. The highest BCUT2D eigenvalue weighted by Crippen LogP contribution is 2.29. The lowest BCUT2D eigenvalue weighted by molar-refractivity contribution is -0.144. The zero-order valence-corrected chi connectivity index (χ0v) is 19.3. The molecule has 0 atom stereocenters. The number of carbonyl (C=O) groups is 2. The Morgan fingerprint density at radius 1 is 0.727 bits per heavy atom. The molecule has 170 valence electrons. The van der Waals surface area contributed by atoms with E-state index in [1.807, 2.05) is 36.4 Å². The number of rotatable bonds is 5. The molecule has 3 aromatic carbocycles. The molecule has 0 bridgehead atoms. The molecule has 33 heavy (non-hydrogen) atoms. The molecular weight excluding hydrogens is 410 g/mol. The third-order valence-corrected chi connectivity index (χ3v) is 6.22. The maximum Gasteiger partial charge on any atom is 0.313 e. The van der Waals surface area contributed by atoms with Crippen molar-refractivity contribution in [3.63, 3.8) is 0 Å². The van der Waals surface area contributed by atoms with Crippen LogP contribution in [0.15, 0.2) is 84.9 Å². The van der Waals surface area contributed by atoms with Crippen molar-refractivity contribution in [2.45, 2.75) is 25.8 Å². The summed E-state index contributed by atoms with van der Waals surface area (Å²) in [6, 6.07) is 28.7. The molecule has 1 heterocycles. The number of para-hydroxylation sites is 1. The van der Waals surface area contributed by atoms with Crippen molar-refractivity contribution in [3.8, 4) is 0 Å². The number of hydrogen-bond acceptors (Lipinski definition) is 3. The van der Waals surface area contributed by atoms with Gasteiger partial charge in [-0.15, -0.1) is 0 Å². The molecule has 3 aromatic rings. The van der Waals surface area contributed by atoms with Gasteiger partial charge >= 0.3 is 11.8 Å². The minimum atomic E-state index is -0.570. The summed E-state index contributed by atoms with van der Waals surface area (Å²) in [5.41, 5.74) is 4.19. The van der Waals surface area contributed by atoms with E-state index in [4.69, 9.17) is 0 Å². The molecule has 1 aliphatic rings. The van der Waals surface area contributed by atoms with Crippen molar-refractivity contribution in [2.75, 3.05) is 31.5 Å². The lowest BCUT2D eigenvalue weighted by atomic mass is 9.96. The molecular formula is C28H31N3O2. The minimum absolute atomic E-state index is 0.122. The van der Waals surface area contributed by atoms with Gasteiger partial charge in [-0.2, -0.15) is 0 Å². The molecule has 0 spiro atoms. The summed E-state index contributed by atoms with van der Waals surface area (Å²) >= 11 is 0. The molecule has 0 unspecified atom stereocenters. The SMILES string of the molecule is CC(C)c1ccccc1NC(=O)C(=O)N1CCN(C(c2ccccc2)c2ccccc2)CC1. The Morgan fingerprint density at radius 3 is 1.79 bits per heavy atom. The molecule has 0 aromatic heterocycles. The summed E-state index contributed by atoms with van der Waals surface area (Å²) in [6.07, 6.45) is 0. The molecule has 0 saturated carbocycles. The number of benzene rings is 3. The molecule has 0 aliphatic carbocycles. The summed E-state index contributed by atoms with van der Waals surface area (Å²) < 4.78 is 0. The highest BCUT2D eigenvalue weighted by molar-refractivity contribution is 6.39. The van der Waals surface area contributed by atoms with Crippen molar-refractivity contribution in [1.82, 2.24) is 9.80 Å². The average molecular weight is 442 g/mol. The number of piperazine rings is 1. The third-order valence-electron chi connectivity index (χ3n) is 6.22. The van der Waals surface area contributed by atoms with Crippen LogP contribution in [0.3, 0.4) is 0 Å². The van der Waals surface area contributed by atoms with Crippen molar-refractivity contribution in [2.24, 2.45) is 0 Å². The Bertz CT molecular complexity index is 1040. The number of nitrogens with one attached hydrogen (secondary N) is 1. The van der Waals surface area contributed by atoms with Gasteiger partial charge in [-0.05, 0) is 28.7 Å². The van der Waals surface area contributed by atoms with Crippen LogP contribution in [0.25, 0.3) is 0 Å². The fraction of sp³-hybridized carbons (Fsp3) is 0.286. The fourth-order valence-corrected chi connectivity index (χ4v) is 4.50. The van der Waals surface area contributed by atoms with Crippen molar-refractivity contribution >= 4 is 17.5 Å². The highest BCUT2D eigenvalue weighted by atomic mass is 16.2. The van der Waals surface area contributed by atoms with Crippen molar-refractivity contribution in [3.05, 3.63) is 102 Å². The predicted molar refractivity (Wildman–Crippen MR) is 132 cm³/mol. The van der Waals surface area contributed by atoms with Gasteiger partial charge in [0.05, 0.1) is 6.04 Å². The van der Waals surface area contributed by atoms with E-state index in [1.165, 1.54) is 11.1 Å². The Morgan fingerprint density at radius 2 is 1.24 bits per heavy atom. The van der Waals surface area contributed by atoms with Crippen LogP contribution in [0.5, 0.6) is 0 Å². The number of anilines is 1. The molecule has 4 rings (SSSR count). The maximum atomic E-state index is 12.9. The predicted octanol–water partition coefficient (Wildman–Crippen LogP) is 4.68. The van der Waals surface area contributed by atoms with Crippen LogP contribution >= 0.6 is 0 Å². The topological polar surface area (TPSA) is 52.7 Å². The number of amides is 2. The van der Waals surface area contributed by atoms with Crippen LogP contribution in [-0.4, -0.2) is 47.8 Å². The standard InChI is InChI=1S/C28H31N3O2/c1-21(2)24-15-9-10-16-25(24)29-27(32)28(33)31-19-17-30(18-20-31)26(22-11-5-3-6-12-22)23-13-7-4-8-14-23/h3-16,21,26H,17-20H2,1-2H3,(H,29,32). The molecule has 1 saturated heterocycles. The van der Waals surface area contributed by atoms with E-state index in [-0.39, 0.29) is 12.0 Å². The molecule has 2 amide bonds. The van der Waals surface area contributed by atoms with Gasteiger partial charge in [-0.1, -0.05) is 92.7 Å². The van der Waals surface area contributed by atoms with Gasteiger partial charge in [0, 0.05) is 31.9 Å². The lowest BCUT2D eigenvalue weighted by Gasteiger charge is -2.39. The van der Waals surface area contributed by atoms with E-state index in [2.05, 4.69) is 72.6 Å². The van der Waals surface area contributed by atoms with Gasteiger partial charge < -0.3 is 10.2 Å². The van der Waals surface area contributed by atoms with E-state index in [9.17, 15) is 9.59 Å². The Kier molecular flexibility index (Phi) is 7.20. The second-order valence-corrected chi connectivity index (χ2v) is 8.75. The van der Waals surface area contributed by atoms with Crippen LogP contribution < -0.4 is 5.32 Å². The highest BCUT2D eigenvalue weighted by Gasteiger charge is 2.30. The second-order valence-electron chi connectivity index (χ2n) is 8.75. The molecule has 5 nitrogen and oxygen atoms in total. The number of carbonyl (C=O) groups excluding carboxylic acids is 2. The average Bonchev–Trinajstić information content (AvgIpc) is 2.86. The zero-order chi connectivity index (χ0) is 23.2. The summed E-state index contributed by atoms with van der Waals surface area (Å²) in [5.74, 6) is -0.781. The summed E-state index contributed by atoms with van der Waals surface area (Å²) in [4.78, 5) is 29.7. The normalized spacial score (nSPS) is 14.5. The molecule has 5 heteroatoms. The first-order valence-corrected chi connectivity index (χ1v) is 11.6. The molecule has 0 radical (unpaired) electrons. The van der Waals surface area contributed by atoms with Gasteiger partial charge in [0.1, 0.15) is 0 Å². The Balaban J connectivity index is 1.43. The summed E-state index contributed by atoms with van der Waals surface area (Å²) in [6.45, 7) is 6.60. The van der Waals surface area contributed by atoms with Crippen LogP contribution in [-0.2, 0) is 9.59 Å². The van der Waals surface area contributed by atoms with Crippen LogP contribution in [0.4, 0.5) is 5.69 Å². The van der Waals surface area contributed by atoms with Crippen LogP contribution in [0, 0.1) is 0 Å². The monoisotopic (exact) mass is 441 g/mol. The van der Waals surface area contributed by atoms with Crippen molar-refractivity contribution in [1.29, 1.82) is 0 Å². The van der Waals surface area contributed by atoms with Gasteiger partial charge in [-0.3, -0.25) is 14.5 Å². The minimum Gasteiger partial charge on any atom is -0.332 e. The van der Waals surface area contributed by atoms with E-state index in [1.54, 1.807) is 4.90 Å². The Labute approximate surface area is 196 Å². The van der Waals surface area contributed by atoms with Gasteiger partial charge in [0.2, 0.25) is 0 Å². The molecule has 1 aliphatic heterocycles. The first-order chi connectivity index (χ1) is 16.0. The third kappa shape index (κ3) is 5.32. The van der Waals surface area contributed by atoms with Crippen LogP contribution in [0.2, 0.25) is 0 Å². The first kappa shape index (κ1) is 22.7. The quantitative estimate of drug-likeness (QED) is 0.585. The number of hydrogen-bond donors (Lipinski definition) is 1. The lowest BCUT2D eigenvalue weighted by Crippen LogP contribution is -2.52. The zero-order valence-electron chi connectivity index (χ0n) is 19.3. The largest absolute Gasteiger partial charge is 0.332 e. The van der Waals surface area contributed by atoms with Gasteiger partial charge in [0.25, 0.3) is 0 Å². The van der Waals surface area contributed by atoms with Crippen LogP contribution in [0.1, 0.15) is 42.5 Å². The summed E-state index contributed by atoms with van der Waals surface area (Å²) in [5, 5.41) is 2.83. The second kappa shape index (κ2) is 10.5. The van der Waals surface area contributed by atoms with Gasteiger partial charge in [0.15, 0.2) is 0 Å². The van der Waals surface area contributed by atoms with Crippen molar-refractivity contribution < 1.29 is 9.59 Å². The molecule has 1 N–H and O–H groups in total. The van der Waals surface area contributed by atoms with E-state index < -0.39 is 11.8 Å². The first-order valence-electron chi connectivity index (χ1n) is 11.6. The summed E-state index contributed by atoms with van der Waals surface area (Å²) in [7, 11) is 0. The number of nitrogens with zero attached hydrogens (tertiary/aromatic N) is 2. The fourth-order valence-electron chi connectivity index (χ4n) is 4.50. The van der Waals surface area contributed by atoms with E-state index >= 15 is 0 Å². The smallest absolute Gasteiger partial charge is 0.313 e. The Hall–Kier alpha value is -3.44.